The highest BCUT2D eigenvalue weighted by atomic mass is 16.5. The third kappa shape index (κ3) is 3.15. The summed E-state index contributed by atoms with van der Waals surface area (Å²) in [5.74, 6) is 1.13. The molecule has 2 heterocycles. The molecule has 1 aliphatic heterocycles. The van der Waals surface area contributed by atoms with Gasteiger partial charge in [-0.05, 0) is 18.8 Å². The van der Waals surface area contributed by atoms with Crippen LogP contribution in [0.15, 0.2) is 12.4 Å². The zero-order chi connectivity index (χ0) is 11.2. The van der Waals surface area contributed by atoms with E-state index < -0.39 is 0 Å². The summed E-state index contributed by atoms with van der Waals surface area (Å²) in [7, 11) is 0. The van der Waals surface area contributed by atoms with E-state index in [2.05, 4.69) is 9.97 Å². The quantitative estimate of drug-likeness (QED) is 0.815. The summed E-state index contributed by atoms with van der Waals surface area (Å²) in [6.07, 6.45) is 5.40. The van der Waals surface area contributed by atoms with Gasteiger partial charge in [-0.25, -0.2) is 4.98 Å². The van der Waals surface area contributed by atoms with Crippen molar-refractivity contribution in [1.82, 2.24) is 9.97 Å². The van der Waals surface area contributed by atoms with Crippen LogP contribution in [0, 0.1) is 5.92 Å². The normalized spacial score (nSPS) is 17.3. The average Bonchev–Trinajstić information content (AvgIpc) is 2.38. The van der Waals surface area contributed by atoms with Gasteiger partial charge in [-0.15, -0.1) is 0 Å². The van der Waals surface area contributed by atoms with Gasteiger partial charge in [-0.3, -0.25) is 4.98 Å². The molecule has 0 saturated carbocycles. The fourth-order valence-corrected chi connectivity index (χ4v) is 1.67. The highest BCUT2D eigenvalue weighted by Gasteiger charge is 2.14. The minimum Gasteiger partial charge on any atom is -0.476 e. The van der Waals surface area contributed by atoms with E-state index in [0.717, 1.165) is 31.7 Å². The Labute approximate surface area is 95.0 Å². The van der Waals surface area contributed by atoms with Crippen LogP contribution in [0.25, 0.3) is 0 Å². The van der Waals surface area contributed by atoms with Gasteiger partial charge in [0.1, 0.15) is 0 Å². The standard InChI is InChI=1S/C11H17N3O2/c12-5-10-6-13-7-11(14-10)16-8-9-1-3-15-4-2-9/h6-7,9H,1-5,8,12H2. The van der Waals surface area contributed by atoms with Crippen LogP contribution in [0.5, 0.6) is 5.88 Å². The molecule has 0 aliphatic carbocycles. The van der Waals surface area contributed by atoms with E-state index in [1.165, 1.54) is 0 Å². The van der Waals surface area contributed by atoms with Crippen LogP contribution in [-0.4, -0.2) is 29.8 Å². The molecule has 88 valence electrons. The molecule has 5 nitrogen and oxygen atoms in total. The van der Waals surface area contributed by atoms with E-state index in [4.69, 9.17) is 15.2 Å². The Kier molecular flexibility index (Phi) is 4.07. The van der Waals surface area contributed by atoms with Crippen molar-refractivity contribution >= 4 is 0 Å². The summed E-state index contributed by atoms with van der Waals surface area (Å²) in [6, 6.07) is 0. The first kappa shape index (κ1) is 11.3. The number of nitrogens with two attached hydrogens (primary N) is 1. The van der Waals surface area contributed by atoms with Crippen LogP contribution in [0.4, 0.5) is 0 Å². The Hall–Kier alpha value is -1.20. The Balaban J connectivity index is 1.83. The Morgan fingerprint density at radius 3 is 2.94 bits per heavy atom. The lowest BCUT2D eigenvalue weighted by Crippen LogP contribution is -2.21. The Morgan fingerprint density at radius 2 is 2.19 bits per heavy atom. The molecule has 2 N–H and O–H groups in total. The molecule has 2 rings (SSSR count). The van der Waals surface area contributed by atoms with Crippen LogP contribution < -0.4 is 10.5 Å². The van der Waals surface area contributed by atoms with E-state index >= 15 is 0 Å². The molecule has 1 saturated heterocycles. The molecule has 0 unspecified atom stereocenters. The predicted octanol–water partition coefficient (Wildman–Crippen LogP) is 0.741. The second kappa shape index (κ2) is 5.77. The molecule has 1 aromatic rings. The highest BCUT2D eigenvalue weighted by Crippen LogP contribution is 2.16. The monoisotopic (exact) mass is 223 g/mol. The molecule has 0 radical (unpaired) electrons. The second-order valence-electron chi connectivity index (χ2n) is 3.92. The van der Waals surface area contributed by atoms with Gasteiger partial charge in [-0.1, -0.05) is 0 Å². The lowest BCUT2D eigenvalue weighted by Gasteiger charge is -2.21. The first-order valence-electron chi connectivity index (χ1n) is 5.60. The van der Waals surface area contributed by atoms with Gasteiger partial charge in [-0.2, -0.15) is 0 Å². The third-order valence-electron chi connectivity index (χ3n) is 2.68. The number of aromatic nitrogens is 2. The first-order valence-corrected chi connectivity index (χ1v) is 5.60. The fourth-order valence-electron chi connectivity index (χ4n) is 1.67. The van der Waals surface area contributed by atoms with Crippen molar-refractivity contribution in [2.45, 2.75) is 19.4 Å². The maximum atomic E-state index is 5.60. The lowest BCUT2D eigenvalue weighted by atomic mass is 10.0. The number of hydrogen-bond acceptors (Lipinski definition) is 5. The molecule has 1 aliphatic rings. The molecule has 5 heteroatoms. The second-order valence-corrected chi connectivity index (χ2v) is 3.92. The maximum Gasteiger partial charge on any atom is 0.232 e. The molecule has 0 spiro atoms. The largest absolute Gasteiger partial charge is 0.476 e. The maximum absolute atomic E-state index is 5.60. The summed E-state index contributed by atoms with van der Waals surface area (Å²) in [4.78, 5) is 8.26. The number of hydrogen-bond donors (Lipinski definition) is 1. The molecular weight excluding hydrogens is 206 g/mol. The van der Waals surface area contributed by atoms with E-state index in [-0.39, 0.29) is 0 Å². The smallest absolute Gasteiger partial charge is 0.232 e. The predicted molar refractivity (Wildman–Crippen MR) is 59.0 cm³/mol. The molecule has 0 bridgehead atoms. The Morgan fingerprint density at radius 1 is 1.38 bits per heavy atom. The molecule has 0 amide bonds. The number of ether oxygens (including phenoxy) is 2. The number of rotatable bonds is 4. The zero-order valence-corrected chi connectivity index (χ0v) is 9.26. The Bertz CT molecular complexity index is 327. The summed E-state index contributed by atoms with van der Waals surface area (Å²) < 4.78 is 10.9. The van der Waals surface area contributed by atoms with Crippen molar-refractivity contribution in [3.05, 3.63) is 18.1 Å². The first-order chi connectivity index (χ1) is 7.88. The van der Waals surface area contributed by atoms with Crippen LogP contribution in [0.3, 0.4) is 0 Å². The third-order valence-corrected chi connectivity index (χ3v) is 2.68. The van der Waals surface area contributed by atoms with Crippen LogP contribution in [0.2, 0.25) is 0 Å². The van der Waals surface area contributed by atoms with Crippen molar-refractivity contribution in [3.8, 4) is 5.88 Å². The van der Waals surface area contributed by atoms with Gasteiger partial charge in [0.05, 0.1) is 18.5 Å². The van der Waals surface area contributed by atoms with Crippen LogP contribution in [0.1, 0.15) is 18.5 Å². The molecule has 1 aromatic heterocycles. The molecule has 0 atom stereocenters. The average molecular weight is 223 g/mol. The lowest BCUT2D eigenvalue weighted by molar-refractivity contribution is 0.0489. The summed E-state index contributed by atoms with van der Waals surface area (Å²) in [5.41, 5.74) is 6.24. The fraction of sp³-hybridized carbons (Fsp3) is 0.636. The van der Waals surface area contributed by atoms with Gasteiger partial charge < -0.3 is 15.2 Å². The van der Waals surface area contributed by atoms with E-state index in [9.17, 15) is 0 Å². The van der Waals surface area contributed by atoms with Crippen molar-refractivity contribution < 1.29 is 9.47 Å². The summed E-state index contributed by atoms with van der Waals surface area (Å²) in [6.45, 7) is 2.75. The van der Waals surface area contributed by atoms with E-state index in [1.54, 1.807) is 12.4 Å². The topological polar surface area (TPSA) is 70.3 Å². The number of nitrogens with zero attached hydrogens (tertiary/aromatic N) is 2. The van der Waals surface area contributed by atoms with Crippen molar-refractivity contribution in [3.63, 3.8) is 0 Å². The molecular formula is C11H17N3O2. The van der Waals surface area contributed by atoms with E-state index in [0.29, 0.717) is 24.9 Å². The SMILES string of the molecule is NCc1cncc(OCC2CCOCC2)n1. The van der Waals surface area contributed by atoms with E-state index in [1.807, 2.05) is 0 Å². The van der Waals surface area contributed by atoms with Gasteiger partial charge in [0.15, 0.2) is 0 Å². The van der Waals surface area contributed by atoms with Gasteiger partial charge in [0, 0.05) is 26.0 Å². The molecule has 1 fully saturated rings. The van der Waals surface area contributed by atoms with Crippen LogP contribution >= 0.6 is 0 Å². The summed E-state index contributed by atoms with van der Waals surface area (Å²) in [5, 5.41) is 0. The minimum atomic E-state index is 0.390. The van der Waals surface area contributed by atoms with Gasteiger partial charge >= 0.3 is 0 Å². The van der Waals surface area contributed by atoms with Crippen molar-refractivity contribution in [2.75, 3.05) is 19.8 Å². The zero-order valence-electron chi connectivity index (χ0n) is 9.26. The van der Waals surface area contributed by atoms with Crippen LogP contribution in [-0.2, 0) is 11.3 Å². The minimum absolute atomic E-state index is 0.390. The van der Waals surface area contributed by atoms with Gasteiger partial charge in [0.2, 0.25) is 5.88 Å². The van der Waals surface area contributed by atoms with Crippen molar-refractivity contribution in [2.24, 2.45) is 11.7 Å². The van der Waals surface area contributed by atoms with Crippen molar-refractivity contribution in [1.29, 1.82) is 0 Å². The molecule has 16 heavy (non-hydrogen) atoms. The van der Waals surface area contributed by atoms with Gasteiger partial charge in [0.25, 0.3) is 0 Å². The molecule has 0 aromatic carbocycles. The summed E-state index contributed by atoms with van der Waals surface area (Å²) >= 11 is 0. The highest BCUT2D eigenvalue weighted by molar-refractivity contribution is 5.07.